The molecule has 1 aliphatic heterocycles. The third-order valence-electron chi connectivity index (χ3n) is 4.88. The number of amides is 1. The summed E-state index contributed by atoms with van der Waals surface area (Å²) in [7, 11) is 0. The van der Waals surface area contributed by atoms with Gasteiger partial charge in [-0.3, -0.25) is 4.79 Å². The normalized spacial score (nSPS) is 17.8. The van der Waals surface area contributed by atoms with Gasteiger partial charge in [0.2, 0.25) is 5.91 Å². The minimum absolute atomic E-state index is 0.0985. The number of ether oxygens (including phenoxy) is 2. The van der Waals surface area contributed by atoms with E-state index in [9.17, 15) is 4.79 Å². The molecule has 146 valence electrons. The number of carbonyl (C=O) groups is 1. The summed E-state index contributed by atoms with van der Waals surface area (Å²) in [6.45, 7) is 10.3. The van der Waals surface area contributed by atoms with Gasteiger partial charge in [-0.05, 0) is 56.6 Å². The molecule has 1 amide bonds. The molecule has 1 fully saturated rings. The zero-order valence-electron chi connectivity index (χ0n) is 16.6. The lowest BCUT2D eigenvalue weighted by atomic mass is 9.92. The number of carbonyl (C=O) groups excluding carboxylic acids is 1. The molecule has 1 aliphatic rings. The van der Waals surface area contributed by atoms with Crippen molar-refractivity contribution in [2.75, 3.05) is 13.2 Å². The molecule has 0 aromatic heterocycles. The van der Waals surface area contributed by atoms with E-state index in [0.717, 1.165) is 36.1 Å². The Morgan fingerprint density at radius 2 is 2.00 bits per heavy atom. The molecule has 0 saturated carbocycles. The van der Waals surface area contributed by atoms with E-state index in [1.807, 2.05) is 25.1 Å². The standard InChI is InChI=1S/C21H34N2O3/c1-14(2)11-16(4)26-19-12-15(3)5-6-18(19)13-23-21(24)20(22)17-7-9-25-10-8-17/h5-6,12,14,16-17,20H,7-11,13,22H2,1-4H3,(H,23,24). The summed E-state index contributed by atoms with van der Waals surface area (Å²) in [6, 6.07) is 5.62. The molecule has 0 radical (unpaired) electrons. The Bertz CT molecular complexity index is 583. The first-order valence-electron chi connectivity index (χ1n) is 9.74. The van der Waals surface area contributed by atoms with Crippen LogP contribution in [-0.2, 0) is 16.1 Å². The van der Waals surface area contributed by atoms with Crippen LogP contribution >= 0.6 is 0 Å². The highest BCUT2D eigenvalue weighted by molar-refractivity contribution is 5.81. The molecule has 5 nitrogen and oxygen atoms in total. The van der Waals surface area contributed by atoms with Gasteiger partial charge in [-0.1, -0.05) is 26.0 Å². The molecular formula is C21H34N2O3. The van der Waals surface area contributed by atoms with Crippen LogP contribution in [0.1, 0.15) is 51.2 Å². The molecule has 1 aromatic rings. The molecule has 2 atom stereocenters. The molecular weight excluding hydrogens is 328 g/mol. The van der Waals surface area contributed by atoms with Crippen LogP contribution in [0.4, 0.5) is 0 Å². The molecule has 1 saturated heterocycles. The molecule has 0 bridgehead atoms. The first-order valence-corrected chi connectivity index (χ1v) is 9.74. The van der Waals surface area contributed by atoms with Gasteiger partial charge in [-0.15, -0.1) is 0 Å². The number of hydrogen-bond acceptors (Lipinski definition) is 4. The van der Waals surface area contributed by atoms with Gasteiger partial charge in [0.05, 0.1) is 12.1 Å². The van der Waals surface area contributed by atoms with E-state index in [2.05, 4.69) is 26.1 Å². The fraction of sp³-hybridized carbons (Fsp3) is 0.667. The third-order valence-corrected chi connectivity index (χ3v) is 4.88. The smallest absolute Gasteiger partial charge is 0.237 e. The van der Waals surface area contributed by atoms with Crippen molar-refractivity contribution in [1.82, 2.24) is 5.32 Å². The lowest BCUT2D eigenvalue weighted by Gasteiger charge is -2.27. The summed E-state index contributed by atoms with van der Waals surface area (Å²) in [4.78, 5) is 12.4. The molecule has 2 unspecified atom stereocenters. The van der Waals surface area contributed by atoms with Crippen LogP contribution in [-0.4, -0.2) is 31.3 Å². The molecule has 26 heavy (non-hydrogen) atoms. The summed E-state index contributed by atoms with van der Waals surface area (Å²) in [5, 5.41) is 2.99. The van der Waals surface area contributed by atoms with Crippen LogP contribution in [0.15, 0.2) is 18.2 Å². The van der Waals surface area contributed by atoms with Gasteiger partial charge in [0.25, 0.3) is 0 Å². The van der Waals surface area contributed by atoms with E-state index in [1.165, 1.54) is 0 Å². The predicted octanol–water partition coefficient (Wildman–Crippen LogP) is 3.18. The monoisotopic (exact) mass is 362 g/mol. The van der Waals surface area contributed by atoms with Crippen LogP contribution in [0, 0.1) is 18.8 Å². The van der Waals surface area contributed by atoms with Crippen LogP contribution in [0.2, 0.25) is 0 Å². The Kier molecular flexibility index (Phi) is 7.91. The van der Waals surface area contributed by atoms with Crippen molar-refractivity contribution in [2.24, 2.45) is 17.6 Å². The second-order valence-electron chi connectivity index (χ2n) is 7.86. The molecule has 3 N–H and O–H groups in total. The van der Waals surface area contributed by atoms with E-state index in [4.69, 9.17) is 15.2 Å². The molecule has 1 aromatic carbocycles. The Labute approximate surface area is 157 Å². The summed E-state index contributed by atoms with van der Waals surface area (Å²) in [5.74, 6) is 1.52. The largest absolute Gasteiger partial charge is 0.490 e. The number of hydrogen-bond donors (Lipinski definition) is 2. The number of aryl methyl sites for hydroxylation is 1. The van der Waals surface area contributed by atoms with E-state index in [0.29, 0.717) is 25.7 Å². The molecule has 0 aliphatic carbocycles. The lowest BCUT2D eigenvalue weighted by molar-refractivity contribution is -0.124. The topological polar surface area (TPSA) is 73.6 Å². The maximum absolute atomic E-state index is 12.4. The second kappa shape index (κ2) is 9.93. The average Bonchev–Trinajstić information content (AvgIpc) is 2.60. The van der Waals surface area contributed by atoms with Crippen molar-refractivity contribution in [1.29, 1.82) is 0 Å². The molecule has 0 spiro atoms. The number of nitrogens with two attached hydrogens (primary N) is 1. The van der Waals surface area contributed by atoms with Crippen molar-refractivity contribution in [3.63, 3.8) is 0 Å². The van der Waals surface area contributed by atoms with E-state index in [-0.39, 0.29) is 17.9 Å². The third kappa shape index (κ3) is 6.29. The molecule has 1 heterocycles. The second-order valence-corrected chi connectivity index (χ2v) is 7.86. The van der Waals surface area contributed by atoms with Gasteiger partial charge in [-0.25, -0.2) is 0 Å². The maximum Gasteiger partial charge on any atom is 0.237 e. The van der Waals surface area contributed by atoms with Crippen molar-refractivity contribution in [3.05, 3.63) is 29.3 Å². The van der Waals surface area contributed by atoms with Crippen LogP contribution < -0.4 is 15.8 Å². The SMILES string of the molecule is Cc1ccc(CNC(=O)C(N)C2CCOCC2)c(OC(C)CC(C)C)c1. The Morgan fingerprint density at radius 3 is 2.65 bits per heavy atom. The predicted molar refractivity (Wildman–Crippen MR) is 104 cm³/mol. The van der Waals surface area contributed by atoms with Crippen molar-refractivity contribution in [3.8, 4) is 5.75 Å². The maximum atomic E-state index is 12.4. The van der Waals surface area contributed by atoms with Crippen molar-refractivity contribution in [2.45, 2.75) is 65.6 Å². The van der Waals surface area contributed by atoms with Gasteiger partial charge in [0, 0.05) is 25.3 Å². The summed E-state index contributed by atoms with van der Waals surface area (Å²) >= 11 is 0. The number of rotatable bonds is 8. The zero-order chi connectivity index (χ0) is 19.1. The highest BCUT2D eigenvalue weighted by Gasteiger charge is 2.26. The van der Waals surface area contributed by atoms with Crippen molar-refractivity contribution < 1.29 is 14.3 Å². The quantitative estimate of drug-likeness (QED) is 0.745. The van der Waals surface area contributed by atoms with Crippen LogP contribution in [0.25, 0.3) is 0 Å². The molecule has 2 rings (SSSR count). The lowest BCUT2D eigenvalue weighted by Crippen LogP contribution is -2.46. The van der Waals surface area contributed by atoms with Crippen LogP contribution in [0.5, 0.6) is 5.75 Å². The molecule has 5 heteroatoms. The van der Waals surface area contributed by atoms with Gasteiger partial charge in [-0.2, -0.15) is 0 Å². The highest BCUT2D eigenvalue weighted by atomic mass is 16.5. The number of nitrogens with one attached hydrogen (secondary N) is 1. The highest BCUT2D eigenvalue weighted by Crippen LogP contribution is 2.24. The zero-order valence-corrected chi connectivity index (χ0v) is 16.6. The summed E-state index contributed by atoms with van der Waals surface area (Å²) < 4.78 is 11.5. The number of benzene rings is 1. The van der Waals surface area contributed by atoms with E-state index < -0.39 is 6.04 Å². The first-order chi connectivity index (χ1) is 12.4. The first kappa shape index (κ1) is 20.7. The van der Waals surface area contributed by atoms with Crippen molar-refractivity contribution >= 4 is 5.91 Å². The van der Waals surface area contributed by atoms with Gasteiger partial charge >= 0.3 is 0 Å². The fourth-order valence-electron chi connectivity index (χ4n) is 3.44. The Morgan fingerprint density at radius 1 is 1.31 bits per heavy atom. The van der Waals surface area contributed by atoms with Gasteiger partial charge in [0.1, 0.15) is 5.75 Å². The van der Waals surface area contributed by atoms with Gasteiger partial charge in [0.15, 0.2) is 0 Å². The Hall–Kier alpha value is -1.59. The Balaban J connectivity index is 1.96. The average molecular weight is 363 g/mol. The van der Waals surface area contributed by atoms with Crippen LogP contribution in [0.3, 0.4) is 0 Å². The summed E-state index contributed by atoms with van der Waals surface area (Å²) in [5.41, 5.74) is 8.28. The summed E-state index contributed by atoms with van der Waals surface area (Å²) in [6.07, 6.45) is 2.82. The fourth-order valence-corrected chi connectivity index (χ4v) is 3.44. The minimum Gasteiger partial charge on any atom is -0.490 e. The minimum atomic E-state index is -0.478. The van der Waals surface area contributed by atoms with Gasteiger partial charge < -0.3 is 20.5 Å². The van der Waals surface area contributed by atoms with E-state index in [1.54, 1.807) is 0 Å². The van der Waals surface area contributed by atoms with E-state index >= 15 is 0 Å².